The van der Waals surface area contributed by atoms with Crippen LogP contribution in [0, 0.1) is 0 Å². The van der Waals surface area contributed by atoms with Crippen molar-refractivity contribution in [3.63, 3.8) is 0 Å². The molecule has 1 saturated carbocycles. The normalized spacial score (nSPS) is 15.1. The lowest BCUT2D eigenvalue weighted by atomic mass is 10.2. The van der Waals surface area contributed by atoms with Gasteiger partial charge in [-0.05, 0) is 44.4 Å². The molecule has 0 amide bonds. The third kappa shape index (κ3) is 5.07. The summed E-state index contributed by atoms with van der Waals surface area (Å²) in [5.74, 6) is 0.928. The molecule has 1 fully saturated rings. The largest absolute Gasteiger partial charge is 0.491 e. The van der Waals surface area contributed by atoms with Crippen LogP contribution in [0.15, 0.2) is 24.3 Å². The second kappa shape index (κ2) is 6.76. The Labute approximate surface area is 109 Å². The maximum absolute atomic E-state index is 5.67. The first-order valence-electron chi connectivity index (χ1n) is 6.81. The highest BCUT2D eigenvalue weighted by Gasteiger charge is 2.19. The lowest BCUT2D eigenvalue weighted by Crippen LogP contribution is -2.15. The molecule has 0 aliphatic heterocycles. The van der Waals surface area contributed by atoms with Gasteiger partial charge in [0, 0.05) is 12.6 Å². The summed E-state index contributed by atoms with van der Waals surface area (Å²) in [4.78, 5) is 0. The Bertz CT molecular complexity index is 361. The van der Waals surface area contributed by atoms with Gasteiger partial charge in [-0.1, -0.05) is 12.1 Å². The molecule has 3 nitrogen and oxygen atoms in total. The highest BCUT2D eigenvalue weighted by Crippen LogP contribution is 2.20. The average Bonchev–Trinajstić information content (AvgIpc) is 3.17. The number of ether oxygens (including phenoxy) is 2. The highest BCUT2D eigenvalue weighted by atomic mass is 16.5. The molecule has 2 rings (SSSR count). The van der Waals surface area contributed by atoms with Crippen LogP contribution in [0.2, 0.25) is 0 Å². The zero-order chi connectivity index (χ0) is 12.8. The van der Waals surface area contributed by atoms with Crippen molar-refractivity contribution in [1.29, 1.82) is 0 Å². The van der Waals surface area contributed by atoms with Crippen LogP contribution in [0.25, 0.3) is 0 Å². The zero-order valence-electron chi connectivity index (χ0n) is 11.3. The maximum atomic E-state index is 5.67. The van der Waals surface area contributed by atoms with E-state index in [1.54, 1.807) is 0 Å². The van der Waals surface area contributed by atoms with Gasteiger partial charge < -0.3 is 14.8 Å². The predicted molar refractivity (Wildman–Crippen MR) is 72.9 cm³/mol. The summed E-state index contributed by atoms with van der Waals surface area (Å²) in [7, 11) is 0. The number of hydrogen-bond donors (Lipinski definition) is 1. The molecule has 100 valence electrons. The van der Waals surface area contributed by atoms with E-state index in [9.17, 15) is 0 Å². The van der Waals surface area contributed by atoms with E-state index < -0.39 is 0 Å². The van der Waals surface area contributed by atoms with Crippen LogP contribution in [0.5, 0.6) is 5.75 Å². The van der Waals surface area contributed by atoms with E-state index in [1.807, 2.05) is 26.0 Å². The quantitative estimate of drug-likeness (QED) is 0.719. The smallest absolute Gasteiger partial charge is 0.119 e. The molecule has 0 saturated heterocycles. The molecular formula is C15H23NO2. The Hall–Kier alpha value is -1.06. The summed E-state index contributed by atoms with van der Waals surface area (Å²) >= 11 is 0. The van der Waals surface area contributed by atoms with Crippen LogP contribution in [0.4, 0.5) is 0 Å². The Kier molecular flexibility index (Phi) is 5.02. The first-order valence-corrected chi connectivity index (χ1v) is 6.81. The molecule has 0 aromatic heterocycles. The first kappa shape index (κ1) is 13.4. The Morgan fingerprint density at radius 2 is 2.11 bits per heavy atom. The van der Waals surface area contributed by atoms with E-state index in [2.05, 4.69) is 17.4 Å². The van der Waals surface area contributed by atoms with Crippen LogP contribution in [0.3, 0.4) is 0 Å². The fourth-order valence-electron chi connectivity index (χ4n) is 1.74. The topological polar surface area (TPSA) is 30.5 Å². The van der Waals surface area contributed by atoms with E-state index in [-0.39, 0.29) is 6.10 Å². The molecule has 0 bridgehead atoms. The van der Waals surface area contributed by atoms with Gasteiger partial charge >= 0.3 is 0 Å². The van der Waals surface area contributed by atoms with Crippen LogP contribution >= 0.6 is 0 Å². The van der Waals surface area contributed by atoms with E-state index in [0.717, 1.165) is 18.3 Å². The van der Waals surface area contributed by atoms with Crippen molar-refractivity contribution in [3.8, 4) is 5.75 Å². The van der Waals surface area contributed by atoms with Gasteiger partial charge in [-0.3, -0.25) is 0 Å². The summed E-state index contributed by atoms with van der Waals surface area (Å²) in [5.41, 5.74) is 1.28. The van der Waals surface area contributed by atoms with Crippen LogP contribution in [0.1, 0.15) is 32.3 Å². The van der Waals surface area contributed by atoms with Gasteiger partial charge in [-0.15, -0.1) is 0 Å². The Morgan fingerprint density at radius 1 is 1.28 bits per heavy atom. The average molecular weight is 249 g/mol. The lowest BCUT2D eigenvalue weighted by Gasteiger charge is -2.10. The summed E-state index contributed by atoms with van der Waals surface area (Å²) in [6.45, 7) is 6.25. The van der Waals surface area contributed by atoms with Crippen molar-refractivity contribution in [2.24, 2.45) is 0 Å². The minimum atomic E-state index is 0.266. The minimum absolute atomic E-state index is 0.266. The van der Waals surface area contributed by atoms with Crippen molar-refractivity contribution >= 4 is 0 Å². The second-order valence-electron chi connectivity index (χ2n) is 5.07. The van der Waals surface area contributed by atoms with Gasteiger partial charge in [0.2, 0.25) is 0 Å². The number of rotatable bonds is 8. The monoisotopic (exact) mass is 249 g/mol. The van der Waals surface area contributed by atoms with Gasteiger partial charge in [-0.2, -0.15) is 0 Å². The SMILES string of the molecule is CC(C)OCCOc1cccc(CNC2CC2)c1. The molecule has 1 N–H and O–H groups in total. The van der Waals surface area contributed by atoms with E-state index >= 15 is 0 Å². The first-order chi connectivity index (χ1) is 8.74. The van der Waals surface area contributed by atoms with Crippen LogP contribution in [-0.2, 0) is 11.3 Å². The summed E-state index contributed by atoms with van der Waals surface area (Å²) < 4.78 is 11.1. The summed E-state index contributed by atoms with van der Waals surface area (Å²) in [6, 6.07) is 9.02. The van der Waals surface area contributed by atoms with Crippen LogP contribution < -0.4 is 10.1 Å². The second-order valence-corrected chi connectivity index (χ2v) is 5.07. The van der Waals surface area contributed by atoms with Gasteiger partial charge in [0.15, 0.2) is 0 Å². The molecule has 0 heterocycles. The molecule has 1 aliphatic carbocycles. The number of benzene rings is 1. The van der Waals surface area contributed by atoms with E-state index in [0.29, 0.717) is 13.2 Å². The number of nitrogens with one attached hydrogen (secondary N) is 1. The van der Waals surface area contributed by atoms with Crippen LogP contribution in [-0.4, -0.2) is 25.4 Å². The standard InChI is InChI=1S/C15H23NO2/c1-12(2)17-8-9-18-15-5-3-4-13(10-15)11-16-14-6-7-14/h3-5,10,12,14,16H,6-9,11H2,1-2H3. The van der Waals surface area contributed by atoms with Gasteiger partial charge in [0.05, 0.1) is 12.7 Å². The van der Waals surface area contributed by atoms with E-state index in [1.165, 1.54) is 18.4 Å². The number of hydrogen-bond acceptors (Lipinski definition) is 3. The molecule has 0 spiro atoms. The van der Waals surface area contributed by atoms with Crippen molar-refractivity contribution < 1.29 is 9.47 Å². The van der Waals surface area contributed by atoms with E-state index in [4.69, 9.17) is 9.47 Å². The highest BCUT2D eigenvalue weighted by molar-refractivity contribution is 5.28. The lowest BCUT2D eigenvalue weighted by molar-refractivity contribution is 0.0552. The molecule has 0 radical (unpaired) electrons. The Balaban J connectivity index is 1.71. The van der Waals surface area contributed by atoms with Crippen molar-refractivity contribution in [2.75, 3.05) is 13.2 Å². The predicted octanol–water partition coefficient (Wildman–Crippen LogP) is 2.74. The molecule has 18 heavy (non-hydrogen) atoms. The summed E-state index contributed by atoms with van der Waals surface area (Å²) in [6.07, 6.45) is 2.91. The molecular weight excluding hydrogens is 226 g/mol. The molecule has 0 atom stereocenters. The molecule has 1 aromatic carbocycles. The van der Waals surface area contributed by atoms with Gasteiger partial charge in [0.1, 0.15) is 12.4 Å². The summed E-state index contributed by atoms with van der Waals surface area (Å²) in [5, 5.41) is 3.50. The third-order valence-corrected chi connectivity index (χ3v) is 2.87. The fraction of sp³-hybridized carbons (Fsp3) is 0.600. The fourth-order valence-corrected chi connectivity index (χ4v) is 1.74. The molecule has 1 aliphatic rings. The van der Waals surface area contributed by atoms with Gasteiger partial charge in [-0.25, -0.2) is 0 Å². The third-order valence-electron chi connectivity index (χ3n) is 2.87. The molecule has 1 aromatic rings. The molecule has 3 heteroatoms. The van der Waals surface area contributed by atoms with Crippen molar-refractivity contribution in [2.45, 2.75) is 45.4 Å². The Morgan fingerprint density at radius 3 is 2.83 bits per heavy atom. The van der Waals surface area contributed by atoms with Crippen molar-refractivity contribution in [1.82, 2.24) is 5.32 Å². The minimum Gasteiger partial charge on any atom is -0.491 e. The molecule has 0 unspecified atom stereocenters. The zero-order valence-corrected chi connectivity index (χ0v) is 11.3. The van der Waals surface area contributed by atoms with Crippen molar-refractivity contribution in [3.05, 3.63) is 29.8 Å². The maximum Gasteiger partial charge on any atom is 0.119 e. The van der Waals surface area contributed by atoms with Gasteiger partial charge in [0.25, 0.3) is 0 Å².